The van der Waals surface area contributed by atoms with Crippen LogP contribution in [0.25, 0.3) is 0 Å². The van der Waals surface area contributed by atoms with E-state index in [0.29, 0.717) is 0 Å². The summed E-state index contributed by atoms with van der Waals surface area (Å²) in [4.78, 5) is 0. The Morgan fingerprint density at radius 2 is 0.571 bits per heavy atom. The van der Waals surface area contributed by atoms with Crippen molar-refractivity contribution in [1.82, 2.24) is 0 Å². The number of hydrogen-bond donors (Lipinski definition) is 0. The van der Waals surface area contributed by atoms with Gasteiger partial charge in [0.15, 0.2) is 0 Å². The van der Waals surface area contributed by atoms with Crippen LogP contribution in [0.2, 0.25) is 0 Å². The van der Waals surface area contributed by atoms with Crippen molar-refractivity contribution in [3.63, 3.8) is 0 Å². The first-order chi connectivity index (χ1) is 0. The van der Waals surface area contributed by atoms with Gasteiger partial charge in [0, 0.05) is 0 Å². The second-order valence-electron chi connectivity index (χ2n) is 0. The first-order valence-corrected chi connectivity index (χ1v) is 0. The molecule has 7 heavy (non-hydrogen) atoms. The summed E-state index contributed by atoms with van der Waals surface area (Å²) in [5, 5.41) is 0. The molecule has 0 aliphatic rings. The molecular weight excluding hydrogens is 288 g/mol. The van der Waals surface area contributed by atoms with Crippen LogP contribution in [0.15, 0.2) is 0 Å². The maximum atomic E-state index is 0. The first kappa shape index (κ1) is 232. The molecule has 7 heteroatoms. The molecule has 0 fully saturated rings. The Labute approximate surface area is 75.3 Å². The van der Waals surface area contributed by atoms with Crippen LogP contribution in [0.1, 0.15) is 0 Å². The third kappa shape index (κ3) is 109. The van der Waals surface area contributed by atoms with Crippen LogP contribution in [-0.2, 0) is 44.3 Å². The minimum atomic E-state index is 0. The van der Waals surface area contributed by atoms with Crippen LogP contribution in [0.5, 0.6) is 0 Å². The van der Waals surface area contributed by atoms with E-state index in [2.05, 4.69) is 0 Å². The molecular formula is H2InNbO5. The average Bonchev–Trinajstić information content (AvgIpc) is 0. The van der Waals surface area contributed by atoms with Gasteiger partial charge in [-0.2, -0.15) is 0 Å². The summed E-state index contributed by atoms with van der Waals surface area (Å²) in [6.45, 7) is 0. The molecule has 0 spiro atoms. The van der Waals surface area contributed by atoms with Gasteiger partial charge >= 0.3 is 48.2 Å². The van der Waals surface area contributed by atoms with Crippen LogP contribution in [0, 0.1) is 0 Å². The molecule has 0 aromatic rings. The summed E-state index contributed by atoms with van der Waals surface area (Å²) in [6.07, 6.45) is 0. The van der Waals surface area contributed by atoms with E-state index in [0.717, 1.165) is 0 Å². The Morgan fingerprint density at radius 3 is 0.571 bits per heavy atom. The summed E-state index contributed by atoms with van der Waals surface area (Å²) >= 11 is 0. The molecule has 2 N–H and O–H groups in total. The van der Waals surface area contributed by atoms with E-state index in [1.54, 1.807) is 0 Å². The Hall–Kier alpha value is 1.41. The molecule has 0 saturated carbocycles. The van der Waals surface area contributed by atoms with Gasteiger partial charge in [0.25, 0.3) is 0 Å². The summed E-state index contributed by atoms with van der Waals surface area (Å²) in [5.41, 5.74) is 0. The molecule has 0 atom stereocenters. The SMILES string of the molecule is O.[In+3].[Nb+5].[O-2].[O-2].[O-2].[O-2]. The number of rotatable bonds is 0. The van der Waals surface area contributed by atoms with E-state index in [1.807, 2.05) is 0 Å². The van der Waals surface area contributed by atoms with Crippen molar-refractivity contribution < 1.29 is 49.8 Å². The van der Waals surface area contributed by atoms with Crippen molar-refractivity contribution in [3.8, 4) is 0 Å². The molecule has 0 bridgehead atoms. The monoisotopic (exact) mass is 290 g/mol. The van der Waals surface area contributed by atoms with Crippen LogP contribution >= 0.6 is 0 Å². The fourth-order valence-corrected chi connectivity index (χ4v) is 0. The maximum absolute atomic E-state index is 0. The molecule has 0 saturated heterocycles. The summed E-state index contributed by atoms with van der Waals surface area (Å²) < 4.78 is 0. The predicted octanol–water partition coefficient (Wildman–Crippen LogP) is -1.68. The van der Waals surface area contributed by atoms with E-state index in [-0.39, 0.29) is 75.6 Å². The first-order valence-electron chi connectivity index (χ1n) is 0. The van der Waals surface area contributed by atoms with Gasteiger partial charge in [-0.15, -0.1) is 0 Å². The van der Waals surface area contributed by atoms with Crippen LogP contribution < -0.4 is 0 Å². The van der Waals surface area contributed by atoms with Gasteiger partial charge in [-0.1, -0.05) is 0 Å². The van der Waals surface area contributed by atoms with Gasteiger partial charge in [-0.25, -0.2) is 0 Å². The maximum Gasteiger partial charge on any atom is 5.00 e. The molecule has 0 aromatic carbocycles. The molecule has 0 aromatic heterocycles. The van der Waals surface area contributed by atoms with E-state index < -0.39 is 0 Å². The minimum Gasteiger partial charge on any atom is -2.00 e. The van der Waals surface area contributed by atoms with Gasteiger partial charge in [-0.3, -0.25) is 0 Å². The smallest absolute Gasteiger partial charge is 2.00 e. The molecule has 0 aliphatic heterocycles. The second-order valence-corrected chi connectivity index (χ2v) is 0. The van der Waals surface area contributed by atoms with Crippen LogP contribution in [0.4, 0.5) is 0 Å². The topological polar surface area (TPSA) is 146 Å². The van der Waals surface area contributed by atoms with Crippen LogP contribution in [-0.4, -0.2) is 31.3 Å². The molecule has 0 amide bonds. The zero-order valence-corrected chi connectivity index (χ0v) is 8.65. The summed E-state index contributed by atoms with van der Waals surface area (Å²) in [6, 6.07) is 0. The second kappa shape index (κ2) is 153. The standard InChI is InChI=1S/In.Nb.H2O.4O/h;;1H2;;;;/q+3;+5;;4*-2. The van der Waals surface area contributed by atoms with Crippen molar-refractivity contribution in [2.45, 2.75) is 0 Å². The van der Waals surface area contributed by atoms with E-state index in [4.69, 9.17) is 0 Å². The molecule has 0 rings (SSSR count). The minimum absolute atomic E-state index is 0. The van der Waals surface area contributed by atoms with Gasteiger partial charge < -0.3 is 27.4 Å². The van der Waals surface area contributed by atoms with Crippen molar-refractivity contribution in [2.24, 2.45) is 0 Å². The third-order valence-electron chi connectivity index (χ3n) is 0. The third-order valence-corrected chi connectivity index (χ3v) is 0. The quantitative estimate of drug-likeness (QED) is 0.469. The van der Waals surface area contributed by atoms with Crippen molar-refractivity contribution in [1.29, 1.82) is 0 Å². The van der Waals surface area contributed by atoms with Gasteiger partial charge in [0.2, 0.25) is 0 Å². The predicted molar refractivity (Wildman–Crippen MR) is 12.1 cm³/mol. The van der Waals surface area contributed by atoms with E-state index in [1.165, 1.54) is 0 Å². The Morgan fingerprint density at radius 1 is 0.571 bits per heavy atom. The molecule has 0 radical (unpaired) electrons. The van der Waals surface area contributed by atoms with Crippen molar-refractivity contribution in [3.05, 3.63) is 0 Å². The molecule has 5 nitrogen and oxygen atoms in total. The Bertz CT molecular complexity index is 8.04. The van der Waals surface area contributed by atoms with Crippen molar-refractivity contribution >= 4 is 25.8 Å². The molecule has 0 unspecified atom stereocenters. The molecule has 40 valence electrons. The van der Waals surface area contributed by atoms with Gasteiger partial charge in [0.1, 0.15) is 0 Å². The van der Waals surface area contributed by atoms with Crippen molar-refractivity contribution in [2.75, 3.05) is 0 Å². The van der Waals surface area contributed by atoms with E-state index >= 15 is 0 Å². The fraction of sp³-hybridized carbons (Fsp3) is 0. The van der Waals surface area contributed by atoms with Gasteiger partial charge in [0.05, 0.1) is 0 Å². The zero-order valence-electron chi connectivity index (χ0n) is 3.16. The summed E-state index contributed by atoms with van der Waals surface area (Å²) in [5.74, 6) is 0. The largest absolute Gasteiger partial charge is 5.00 e. The Kier molecular flexibility index (Phi) is 5080. The summed E-state index contributed by atoms with van der Waals surface area (Å²) in [7, 11) is 0. The molecule has 0 heterocycles. The van der Waals surface area contributed by atoms with Gasteiger partial charge in [-0.05, 0) is 0 Å². The average molecular weight is 290 g/mol. The van der Waals surface area contributed by atoms with Crippen LogP contribution in [0.3, 0.4) is 0 Å². The zero-order chi connectivity index (χ0) is 0. The molecule has 0 aliphatic carbocycles. The number of hydrogen-bond acceptors (Lipinski definition) is 0. The Balaban J connectivity index is 0. The fourth-order valence-electron chi connectivity index (χ4n) is 0. The normalized spacial score (nSPS) is 0. The van der Waals surface area contributed by atoms with E-state index in [9.17, 15) is 0 Å².